The molecule has 3 rings (SSSR count). The monoisotopic (exact) mass is 265 g/mol. The van der Waals surface area contributed by atoms with Crippen molar-refractivity contribution in [2.24, 2.45) is 17.6 Å². The van der Waals surface area contributed by atoms with Crippen molar-refractivity contribution < 1.29 is 0 Å². The summed E-state index contributed by atoms with van der Waals surface area (Å²) in [6.07, 6.45) is 9.97. The van der Waals surface area contributed by atoms with E-state index in [0.717, 1.165) is 18.4 Å². The SMILES string of the molecule is NC(CN1CCN(CC2CC2)CC1)C1CCCCC1. The fourth-order valence-electron chi connectivity index (χ4n) is 3.83. The first-order valence-corrected chi connectivity index (χ1v) is 8.51. The van der Waals surface area contributed by atoms with Gasteiger partial charge in [-0.1, -0.05) is 19.3 Å². The summed E-state index contributed by atoms with van der Waals surface area (Å²) >= 11 is 0. The van der Waals surface area contributed by atoms with Crippen molar-refractivity contribution in [3.63, 3.8) is 0 Å². The largest absolute Gasteiger partial charge is 0.326 e. The molecule has 0 amide bonds. The summed E-state index contributed by atoms with van der Waals surface area (Å²) in [6.45, 7) is 7.53. The molecule has 0 aromatic heterocycles. The van der Waals surface area contributed by atoms with Crippen molar-refractivity contribution in [3.05, 3.63) is 0 Å². The van der Waals surface area contributed by atoms with Crippen molar-refractivity contribution in [2.45, 2.75) is 51.0 Å². The molecule has 3 aliphatic rings. The highest BCUT2D eigenvalue weighted by molar-refractivity contribution is 4.84. The minimum absolute atomic E-state index is 0.426. The average Bonchev–Trinajstić information content (AvgIpc) is 3.26. The van der Waals surface area contributed by atoms with E-state index in [4.69, 9.17) is 5.73 Å². The van der Waals surface area contributed by atoms with Gasteiger partial charge in [-0.15, -0.1) is 0 Å². The second kappa shape index (κ2) is 6.55. The van der Waals surface area contributed by atoms with Crippen LogP contribution in [0.3, 0.4) is 0 Å². The molecule has 0 bridgehead atoms. The molecule has 3 heteroatoms. The molecule has 1 unspecified atom stereocenters. The third kappa shape index (κ3) is 4.17. The third-order valence-electron chi connectivity index (χ3n) is 5.40. The van der Waals surface area contributed by atoms with Gasteiger partial charge in [0, 0.05) is 45.3 Å². The zero-order valence-corrected chi connectivity index (χ0v) is 12.4. The van der Waals surface area contributed by atoms with Gasteiger partial charge in [-0.05, 0) is 37.5 Å². The van der Waals surface area contributed by atoms with Crippen LogP contribution in [-0.4, -0.2) is 55.1 Å². The molecule has 0 radical (unpaired) electrons. The molecule has 1 atom stereocenters. The van der Waals surface area contributed by atoms with Gasteiger partial charge in [0.25, 0.3) is 0 Å². The summed E-state index contributed by atoms with van der Waals surface area (Å²) in [5.74, 6) is 1.84. The second-order valence-electron chi connectivity index (χ2n) is 7.11. The third-order valence-corrected chi connectivity index (χ3v) is 5.40. The number of hydrogen-bond donors (Lipinski definition) is 1. The molecule has 1 aliphatic heterocycles. The van der Waals surface area contributed by atoms with Gasteiger partial charge in [0.2, 0.25) is 0 Å². The lowest BCUT2D eigenvalue weighted by molar-refractivity contribution is 0.112. The molecule has 0 aromatic carbocycles. The second-order valence-corrected chi connectivity index (χ2v) is 7.11. The van der Waals surface area contributed by atoms with E-state index >= 15 is 0 Å². The Balaban J connectivity index is 1.36. The highest BCUT2D eigenvalue weighted by Gasteiger charge is 2.28. The van der Waals surface area contributed by atoms with E-state index in [-0.39, 0.29) is 0 Å². The van der Waals surface area contributed by atoms with E-state index in [1.54, 1.807) is 0 Å². The predicted molar refractivity (Wildman–Crippen MR) is 80.2 cm³/mol. The molecule has 1 heterocycles. The maximum Gasteiger partial charge on any atom is 0.0196 e. The number of hydrogen-bond acceptors (Lipinski definition) is 3. The van der Waals surface area contributed by atoms with Gasteiger partial charge in [-0.25, -0.2) is 0 Å². The van der Waals surface area contributed by atoms with Crippen molar-refractivity contribution in [2.75, 3.05) is 39.3 Å². The van der Waals surface area contributed by atoms with Gasteiger partial charge in [0.15, 0.2) is 0 Å². The smallest absolute Gasteiger partial charge is 0.0196 e. The lowest BCUT2D eigenvalue weighted by Gasteiger charge is -2.38. The Morgan fingerprint density at radius 3 is 2.11 bits per heavy atom. The Kier molecular flexibility index (Phi) is 4.78. The average molecular weight is 265 g/mol. The van der Waals surface area contributed by atoms with Crippen LogP contribution in [0.2, 0.25) is 0 Å². The van der Waals surface area contributed by atoms with Crippen molar-refractivity contribution in [3.8, 4) is 0 Å². The minimum atomic E-state index is 0.426. The van der Waals surface area contributed by atoms with Crippen molar-refractivity contribution in [1.82, 2.24) is 9.80 Å². The first-order chi connectivity index (χ1) is 9.31. The van der Waals surface area contributed by atoms with E-state index in [2.05, 4.69) is 9.80 Å². The Hall–Kier alpha value is -0.120. The van der Waals surface area contributed by atoms with Crippen molar-refractivity contribution in [1.29, 1.82) is 0 Å². The molecule has 110 valence electrons. The maximum atomic E-state index is 6.45. The molecule has 3 nitrogen and oxygen atoms in total. The van der Waals surface area contributed by atoms with Crippen LogP contribution in [0.5, 0.6) is 0 Å². The van der Waals surface area contributed by atoms with E-state index in [0.29, 0.717) is 6.04 Å². The fraction of sp³-hybridized carbons (Fsp3) is 1.00. The molecule has 0 aromatic rings. The van der Waals surface area contributed by atoms with Crippen LogP contribution < -0.4 is 5.73 Å². The quantitative estimate of drug-likeness (QED) is 0.824. The summed E-state index contributed by atoms with van der Waals surface area (Å²) in [7, 11) is 0. The highest BCUT2D eigenvalue weighted by atomic mass is 15.3. The van der Waals surface area contributed by atoms with Crippen LogP contribution in [0.1, 0.15) is 44.9 Å². The molecule has 2 saturated carbocycles. The fourth-order valence-corrected chi connectivity index (χ4v) is 3.83. The first-order valence-electron chi connectivity index (χ1n) is 8.51. The Morgan fingerprint density at radius 2 is 1.47 bits per heavy atom. The van der Waals surface area contributed by atoms with Gasteiger partial charge in [-0.3, -0.25) is 4.90 Å². The zero-order chi connectivity index (χ0) is 13.1. The highest BCUT2D eigenvalue weighted by Crippen LogP contribution is 2.30. The van der Waals surface area contributed by atoms with E-state index in [1.165, 1.54) is 77.7 Å². The van der Waals surface area contributed by atoms with Crippen LogP contribution >= 0.6 is 0 Å². The van der Waals surface area contributed by atoms with Gasteiger partial charge in [-0.2, -0.15) is 0 Å². The molecular formula is C16H31N3. The summed E-state index contributed by atoms with van der Waals surface area (Å²) in [5.41, 5.74) is 6.45. The van der Waals surface area contributed by atoms with Gasteiger partial charge >= 0.3 is 0 Å². The standard InChI is InChI=1S/C16H31N3/c17-16(15-4-2-1-3-5-15)13-19-10-8-18(9-11-19)12-14-6-7-14/h14-16H,1-13,17H2. The van der Waals surface area contributed by atoms with E-state index in [9.17, 15) is 0 Å². The van der Waals surface area contributed by atoms with Gasteiger partial charge in [0.05, 0.1) is 0 Å². The van der Waals surface area contributed by atoms with E-state index < -0.39 is 0 Å². The lowest BCUT2D eigenvalue weighted by atomic mass is 9.84. The molecule has 1 saturated heterocycles. The van der Waals surface area contributed by atoms with Gasteiger partial charge in [0.1, 0.15) is 0 Å². The van der Waals surface area contributed by atoms with E-state index in [1.807, 2.05) is 0 Å². The number of rotatable bonds is 5. The number of nitrogens with two attached hydrogens (primary N) is 1. The van der Waals surface area contributed by atoms with Crippen LogP contribution in [0.25, 0.3) is 0 Å². The Bertz CT molecular complexity index is 263. The summed E-state index contributed by atoms with van der Waals surface area (Å²) in [4.78, 5) is 5.28. The molecule has 2 aliphatic carbocycles. The normalized spacial score (nSPS) is 29.5. The van der Waals surface area contributed by atoms with Gasteiger partial charge < -0.3 is 10.6 Å². The molecule has 3 fully saturated rings. The number of nitrogens with zero attached hydrogens (tertiary/aromatic N) is 2. The Labute approximate surface area is 118 Å². The molecule has 19 heavy (non-hydrogen) atoms. The van der Waals surface area contributed by atoms with Crippen molar-refractivity contribution >= 4 is 0 Å². The molecule has 0 spiro atoms. The minimum Gasteiger partial charge on any atom is -0.326 e. The zero-order valence-electron chi connectivity index (χ0n) is 12.4. The molecule has 2 N–H and O–H groups in total. The molecular weight excluding hydrogens is 234 g/mol. The summed E-state index contributed by atoms with van der Waals surface area (Å²) in [5, 5.41) is 0. The summed E-state index contributed by atoms with van der Waals surface area (Å²) in [6, 6.07) is 0.426. The lowest BCUT2D eigenvalue weighted by Crippen LogP contribution is -2.51. The van der Waals surface area contributed by atoms with Crippen LogP contribution in [0.15, 0.2) is 0 Å². The predicted octanol–water partition coefficient (Wildman–Crippen LogP) is 1.92. The Morgan fingerprint density at radius 1 is 0.842 bits per heavy atom. The van der Waals surface area contributed by atoms with Crippen LogP contribution in [0.4, 0.5) is 0 Å². The topological polar surface area (TPSA) is 32.5 Å². The summed E-state index contributed by atoms with van der Waals surface area (Å²) < 4.78 is 0. The first kappa shape index (κ1) is 13.8. The van der Waals surface area contributed by atoms with Crippen LogP contribution in [0, 0.1) is 11.8 Å². The maximum absolute atomic E-state index is 6.45. The van der Waals surface area contributed by atoms with Crippen LogP contribution in [-0.2, 0) is 0 Å². The number of piperazine rings is 1.